The monoisotopic (exact) mass is 301 g/mol. The number of hydrogen-bond donors (Lipinski definition) is 0. The summed E-state index contributed by atoms with van der Waals surface area (Å²) in [6.45, 7) is 0. The lowest BCUT2D eigenvalue weighted by Crippen LogP contribution is -1.96. The average Bonchev–Trinajstić information content (AvgIpc) is 2.81. The molecule has 0 amide bonds. The maximum atomic E-state index is 5.91. The molecule has 0 saturated heterocycles. The van der Waals surface area contributed by atoms with E-state index in [1.54, 1.807) is 0 Å². The van der Waals surface area contributed by atoms with Crippen molar-refractivity contribution < 1.29 is 0 Å². The molecule has 0 N–H and O–H groups in total. The molecule has 0 bridgehead atoms. The molecular formula is C15H12ClN3S. The topological polar surface area (TPSA) is 30.2 Å². The Kier molecular flexibility index (Phi) is 3.67. The highest BCUT2D eigenvalue weighted by Gasteiger charge is 2.05. The number of rotatable bonds is 2. The highest BCUT2D eigenvalue weighted by atomic mass is 35.5. The first-order valence-corrected chi connectivity index (χ1v) is 7.27. The molecule has 0 spiro atoms. The molecule has 1 heterocycles. The van der Waals surface area contributed by atoms with Gasteiger partial charge in [0.15, 0.2) is 5.82 Å². The summed E-state index contributed by atoms with van der Waals surface area (Å²) in [7, 11) is 1.98. The molecule has 0 aliphatic rings. The molecule has 2 aromatic carbocycles. The maximum absolute atomic E-state index is 5.91. The molecule has 1 aromatic heterocycles. The molecule has 0 aliphatic heterocycles. The Balaban J connectivity index is 2.03. The van der Waals surface area contributed by atoms with Crippen LogP contribution in [0.2, 0.25) is 5.02 Å². The van der Waals surface area contributed by atoms with Crippen molar-refractivity contribution >= 4 is 28.8 Å². The zero-order valence-electron chi connectivity index (χ0n) is 10.8. The Hall–Kier alpha value is -1.91. The Bertz CT molecular complexity index is 773. The fraction of sp³-hybridized carbons (Fsp3) is 0.0667. The molecule has 0 fully saturated rings. The Morgan fingerprint density at radius 2 is 1.75 bits per heavy atom. The number of para-hydroxylation sites is 1. The summed E-state index contributed by atoms with van der Waals surface area (Å²) >= 11 is 7.42. The van der Waals surface area contributed by atoms with Gasteiger partial charge in [-0.15, -0.1) is 0 Å². The van der Waals surface area contributed by atoms with Crippen LogP contribution in [0.5, 0.6) is 0 Å². The van der Waals surface area contributed by atoms with E-state index >= 15 is 0 Å². The van der Waals surface area contributed by atoms with Crippen molar-refractivity contribution in [3.8, 4) is 11.4 Å². The van der Waals surface area contributed by atoms with Crippen LogP contribution in [0.15, 0.2) is 59.6 Å². The minimum atomic E-state index is 0.723. The number of halogens is 1. The van der Waals surface area contributed by atoms with E-state index in [-0.39, 0.29) is 0 Å². The molecule has 5 heteroatoms. The van der Waals surface area contributed by atoms with Gasteiger partial charge >= 0.3 is 0 Å². The SMILES string of the molecule is Cn1sc(=Nc2ccccc2)nc1-c1ccc(Cl)cc1. The van der Waals surface area contributed by atoms with Crippen molar-refractivity contribution in [1.29, 1.82) is 0 Å². The lowest BCUT2D eigenvalue weighted by molar-refractivity contribution is 1.00. The van der Waals surface area contributed by atoms with Crippen LogP contribution < -0.4 is 4.80 Å². The van der Waals surface area contributed by atoms with Crippen molar-refractivity contribution in [2.45, 2.75) is 0 Å². The van der Waals surface area contributed by atoms with Gasteiger partial charge in [0.05, 0.1) is 5.69 Å². The van der Waals surface area contributed by atoms with E-state index < -0.39 is 0 Å². The smallest absolute Gasteiger partial charge is 0.227 e. The van der Waals surface area contributed by atoms with E-state index in [0.29, 0.717) is 0 Å². The van der Waals surface area contributed by atoms with Crippen LogP contribution in [-0.4, -0.2) is 8.94 Å². The van der Waals surface area contributed by atoms with Crippen LogP contribution >= 0.6 is 23.1 Å². The first-order chi connectivity index (χ1) is 9.72. The number of benzene rings is 2. The van der Waals surface area contributed by atoms with Crippen molar-refractivity contribution in [2.75, 3.05) is 0 Å². The first kappa shape index (κ1) is 13.1. The van der Waals surface area contributed by atoms with E-state index in [4.69, 9.17) is 11.6 Å². The molecule has 0 radical (unpaired) electrons. The van der Waals surface area contributed by atoms with Crippen molar-refractivity contribution in [3.05, 3.63) is 64.4 Å². The second-order valence-electron chi connectivity index (χ2n) is 4.26. The normalized spacial score (nSPS) is 11.8. The average molecular weight is 302 g/mol. The molecule has 3 rings (SSSR count). The van der Waals surface area contributed by atoms with Gasteiger partial charge in [-0.05, 0) is 47.9 Å². The van der Waals surface area contributed by atoms with Crippen LogP contribution in [0.3, 0.4) is 0 Å². The second kappa shape index (κ2) is 5.61. The van der Waals surface area contributed by atoms with Crippen LogP contribution in [0, 0.1) is 0 Å². The zero-order chi connectivity index (χ0) is 13.9. The molecule has 3 nitrogen and oxygen atoms in total. The molecule has 3 aromatic rings. The predicted octanol–water partition coefficient (Wildman–Crippen LogP) is 4.03. The minimum Gasteiger partial charge on any atom is -0.281 e. The highest BCUT2D eigenvalue weighted by Crippen LogP contribution is 2.19. The summed E-state index contributed by atoms with van der Waals surface area (Å²) in [5, 5.41) is 0.723. The fourth-order valence-corrected chi connectivity index (χ4v) is 2.73. The molecule has 0 unspecified atom stereocenters. The molecular weight excluding hydrogens is 290 g/mol. The minimum absolute atomic E-state index is 0.723. The largest absolute Gasteiger partial charge is 0.281 e. The Morgan fingerprint density at radius 3 is 2.45 bits per heavy atom. The molecule has 0 aliphatic carbocycles. The van der Waals surface area contributed by atoms with Gasteiger partial charge in [-0.2, -0.15) is 4.98 Å². The Labute approximate surface area is 126 Å². The molecule has 20 heavy (non-hydrogen) atoms. The van der Waals surface area contributed by atoms with Gasteiger partial charge in [0.25, 0.3) is 0 Å². The molecule has 100 valence electrons. The lowest BCUT2D eigenvalue weighted by atomic mass is 10.2. The number of hydrogen-bond acceptors (Lipinski definition) is 3. The quantitative estimate of drug-likeness (QED) is 0.703. The third-order valence-electron chi connectivity index (χ3n) is 2.80. The van der Waals surface area contributed by atoms with Gasteiger partial charge in [0.1, 0.15) is 0 Å². The standard InChI is InChI=1S/C15H12ClN3S/c1-19-14(11-7-9-12(16)10-8-11)18-15(20-19)17-13-5-3-2-4-6-13/h2-10H,1H3. The van der Waals surface area contributed by atoms with Crippen LogP contribution in [0.4, 0.5) is 5.69 Å². The van der Waals surface area contributed by atoms with Crippen molar-refractivity contribution in [2.24, 2.45) is 12.0 Å². The summed E-state index contributed by atoms with van der Waals surface area (Å²) in [5.41, 5.74) is 1.94. The summed E-state index contributed by atoms with van der Waals surface area (Å²) in [4.78, 5) is 9.84. The van der Waals surface area contributed by atoms with Gasteiger partial charge < -0.3 is 0 Å². The maximum Gasteiger partial charge on any atom is 0.227 e. The van der Waals surface area contributed by atoms with Gasteiger partial charge in [-0.1, -0.05) is 29.8 Å². The summed E-state index contributed by atoms with van der Waals surface area (Å²) in [6, 6.07) is 17.5. The van der Waals surface area contributed by atoms with Gasteiger partial charge in [0, 0.05) is 17.6 Å². The van der Waals surface area contributed by atoms with Crippen LogP contribution in [0.25, 0.3) is 11.4 Å². The van der Waals surface area contributed by atoms with Gasteiger partial charge in [-0.25, -0.2) is 4.99 Å². The predicted molar refractivity (Wildman–Crippen MR) is 83.2 cm³/mol. The molecule has 0 atom stereocenters. The summed E-state index contributed by atoms with van der Waals surface area (Å²) in [5.74, 6) is 0.890. The van der Waals surface area contributed by atoms with E-state index in [1.165, 1.54) is 11.5 Å². The lowest BCUT2D eigenvalue weighted by Gasteiger charge is -1.99. The Morgan fingerprint density at radius 1 is 1.05 bits per heavy atom. The van der Waals surface area contributed by atoms with E-state index in [9.17, 15) is 0 Å². The first-order valence-electron chi connectivity index (χ1n) is 6.12. The third-order valence-corrected chi connectivity index (χ3v) is 3.85. The fourth-order valence-electron chi connectivity index (χ4n) is 1.85. The third kappa shape index (κ3) is 2.81. The summed E-state index contributed by atoms with van der Waals surface area (Å²) in [6.07, 6.45) is 0. The zero-order valence-corrected chi connectivity index (χ0v) is 12.4. The number of nitrogens with zero attached hydrogens (tertiary/aromatic N) is 3. The van der Waals surface area contributed by atoms with Crippen molar-refractivity contribution in [1.82, 2.24) is 8.94 Å². The van der Waals surface area contributed by atoms with E-state index in [2.05, 4.69) is 9.98 Å². The van der Waals surface area contributed by atoms with Crippen LogP contribution in [-0.2, 0) is 7.05 Å². The van der Waals surface area contributed by atoms with E-state index in [1.807, 2.05) is 65.6 Å². The van der Waals surface area contributed by atoms with Crippen molar-refractivity contribution in [3.63, 3.8) is 0 Å². The number of aromatic nitrogens is 2. The van der Waals surface area contributed by atoms with Gasteiger partial charge in [-0.3, -0.25) is 3.96 Å². The molecule has 0 saturated carbocycles. The number of aryl methyl sites for hydroxylation is 1. The summed E-state index contributed by atoms with van der Waals surface area (Å²) < 4.78 is 2.00. The van der Waals surface area contributed by atoms with Gasteiger partial charge in [0.2, 0.25) is 4.80 Å². The second-order valence-corrected chi connectivity index (χ2v) is 5.79. The van der Waals surface area contributed by atoms with Crippen LogP contribution in [0.1, 0.15) is 0 Å². The van der Waals surface area contributed by atoms with E-state index in [0.717, 1.165) is 26.9 Å². The highest BCUT2D eigenvalue weighted by molar-refractivity contribution is 7.03.